The van der Waals surface area contributed by atoms with Gasteiger partial charge in [-0.2, -0.15) is 0 Å². The zero-order valence-electron chi connectivity index (χ0n) is 11.1. The second kappa shape index (κ2) is 6.66. The lowest BCUT2D eigenvalue weighted by molar-refractivity contribution is -0.110. The average molecular weight is 256 g/mol. The molecule has 1 aromatic heterocycles. The minimum atomic E-state index is -2.30. The van der Waals surface area contributed by atoms with Crippen LogP contribution in [-0.4, -0.2) is 10.9 Å². The van der Waals surface area contributed by atoms with Crippen LogP contribution in [0.5, 0.6) is 0 Å². The van der Waals surface area contributed by atoms with Crippen molar-refractivity contribution in [2.45, 2.75) is 51.9 Å². The molecular formula is C14H22F2N2. The van der Waals surface area contributed by atoms with Crippen molar-refractivity contribution in [2.75, 3.05) is 5.73 Å². The molecule has 0 unspecified atom stereocenters. The van der Waals surface area contributed by atoms with Gasteiger partial charge in [0.05, 0.1) is 0 Å². The molecule has 1 saturated carbocycles. The van der Waals surface area contributed by atoms with Crippen molar-refractivity contribution in [2.24, 2.45) is 5.92 Å². The van der Waals surface area contributed by atoms with Crippen LogP contribution in [0.2, 0.25) is 0 Å². The third-order valence-electron chi connectivity index (χ3n) is 3.20. The van der Waals surface area contributed by atoms with E-state index in [4.69, 9.17) is 5.73 Å². The zero-order chi connectivity index (χ0) is 13.6. The fourth-order valence-electron chi connectivity index (χ4n) is 2.01. The number of anilines is 1. The molecule has 1 aromatic rings. The minimum Gasteiger partial charge on any atom is -0.383 e. The molecule has 2 rings (SSSR count). The Morgan fingerprint density at radius 3 is 2.44 bits per heavy atom. The summed E-state index contributed by atoms with van der Waals surface area (Å²) < 4.78 is 24.0. The molecule has 0 radical (unpaired) electrons. The van der Waals surface area contributed by atoms with Crippen LogP contribution in [-0.2, 0) is 6.42 Å². The van der Waals surface area contributed by atoms with E-state index in [2.05, 4.69) is 11.9 Å². The van der Waals surface area contributed by atoms with E-state index in [0.717, 1.165) is 24.8 Å². The number of rotatable bonds is 3. The lowest BCUT2D eigenvalue weighted by Crippen LogP contribution is -2.34. The summed E-state index contributed by atoms with van der Waals surface area (Å²) in [7, 11) is 0. The Kier molecular flexibility index (Phi) is 5.51. The number of alkyl halides is 2. The first-order valence-electron chi connectivity index (χ1n) is 6.55. The van der Waals surface area contributed by atoms with Gasteiger partial charge in [-0.3, -0.25) is 0 Å². The van der Waals surface area contributed by atoms with Gasteiger partial charge in [0.15, 0.2) is 0 Å². The van der Waals surface area contributed by atoms with E-state index in [1.54, 1.807) is 6.20 Å². The summed E-state index contributed by atoms with van der Waals surface area (Å²) in [5.74, 6) is -1.32. The number of nitrogens with two attached hydrogens (primary N) is 1. The van der Waals surface area contributed by atoms with E-state index in [1.165, 1.54) is 0 Å². The second-order valence-electron chi connectivity index (χ2n) is 4.84. The van der Waals surface area contributed by atoms with Crippen LogP contribution in [0, 0.1) is 5.92 Å². The van der Waals surface area contributed by atoms with Gasteiger partial charge in [-0.15, -0.1) is 0 Å². The van der Waals surface area contributed by atoms with Crippen molar-refractivity contribution in [3.05, 3.63) is 23.9 Å². The summed E-state index contributed by atoms with van der Waals surface area (Å²) >= 11 is 0. The lowest BCUT2D eigenvalue weighted by atomic mass is 9.80. The fraction of sp³-hybridized carbons (Fsp3) is 0.643. The summed E-state index contributed by atoms with van der Waals surface area (Å²) in [5.41, 5.74) is 6.75. The highest BCUT2D eigenvalue weighted by molar-refractivity contribution is 5.38. The summed E-state index contributed by atoms with van der Waals surface area (Å²) in [6.07, 6.45) is 5.03. The molecule has 18 heavy (non-hydrogen) atoms. The molecule has 0 saturated heterocycles. The standard InChI is InChI=1S/C8H12N2.C6H10F2/c1-2-4-7-5-3-6-10-8(7)9;1-2-5-3-6(7,8)4-5/h3,5-6H,2,4H2,1H3,(H2,9,10);5H,2-4H2,1H3. The summed E-state index contributed by atoms with van der Waals surface area (Å²) in [6.45, 7) is 4.09. The minimum absolute atomic E-state index is 0.128. The third kappa shape index (κ3) is 4.59. The highest BCUT2D eigenvalue weighted by Gasteiger charge is 2.43. The number of pyridine rings is 1. The predicted molar refractivity (Wildman–Crippen MR) is 70.6 cm³/mol. The van der Waals surface area contributed by atoms with Gasteiger partial charge in [-0.05, 0) is 24.0 Å². The fourth-order valence-corrected chi connectivity index (χ4v) is 2.01. The predicted octanol–water partition coefficient (Wildman–Crippen LogP) is 4.06. The Morgan fingerprint density at radius 2 is 2.06 bits per heavy atom. The number of aryl methyl sites for hydroxylation is 1. The monoisotopic (exact) mass is 256 g/mol. The molecule has 0 atom stereocenters. The first kappa shape index (κ1) is 14.9. The van der Waals surface area contributed by atoms with Crippen LogP contribution in [0.4, 0.5) is 14.6 Å². The molecule has 102 valence electrons. The van der Waals surface area contributed by atoms with E-state index in [-0.39, 0.29) is 12.8 Å². The molecule has 0 aliphatic heterocycles. The molecule has 0 bridgehead atoms. The molecular weight excluding hydrogens is 234 g/mol. The molecule has 0 aromatic carbocycles. The van der Waals surface area contributed by atoms with Crippen LogP contribution in [0.3, 0.4) is 0 Å². The summed E-state index contributed by atoms with van der Waals surface area (Å²) in [5, 5.41) is 0. The maximum absolute atomic E-state index is 12.0. The van der Waals surface area contributed by atoms with Gasteiger partial charge in [0, 0.05) is 19.0 Å². The second-order valence-corrected chi connectivity index (χ2v) is 4.84. The van der Waals surface area contributed by atoms with Gasteiger partial charge < -0.3 is 5.73 Å². The van der Waals surface area contributed by atoms with Crippen molar-refractivity contribution in [1.82, 2.24) is 4.98 Å². The largest absolute Gasteiger partial charge is 0.383 e. The van der Waals surface area contributed by atoms with Crippen LogP contribution >= 0.6 is 0 Å². The Labute approximate surface area is 108 Å². The number of hydrogen-bond donors (Lipinski definition) is 1. The highest BCUT2D eigenvalue weighted by atomic mass is 19.3. The maximum Gasteiger partial charge on any atom is 0.248 e. The summed E-state index contributed by atoms with van der Waals surface area (Å²) in [6, 6.07) is 3.94. The zero-order valence-corrected chi connectivity index (χ0v) is 11.1. The van der Waals surface area contributed by atoms with Crippen LogP contribution < -0.4 is 5.73 Å². The Morgan fingerprint density at radius 1 is 1.39 bits per heavy atom. The normalized spacial score (nSPS) is 17.6. The molecule has 1 heterocycles. The molecule has 0 spiro atoms. The van der Waals surface area contributed by atoms with Crippen molar-refractivity contribution in [3.63, 3.8) is 0 Å². The first-order chi connectivity index (χ1) is 8.48. The quantitative estimate of drug-likeness (QED) is 0.885. The highest BCUT2D eigenvalue weighted by Crippen LogP contribution is 2.43. The number of nitrogens with zero attached hydrogens (tertiary/aromatic N) is 1. The van der Waals surface area contributed by atoms with E-state index >= 15 is 0 Å². The number of hydrogen-bond acceptors (Lipinski definition) is 2. The summed E-state index contributed by atoms with van der Waals surface area (Å²) in [4.78, 5) is 3.98. The maximum atomic E-state index is 12.0. The van der Waals surface area contributed by atoms with Crippen molar-refractivity contribution >= 4 is 5.82 Å². The van der Waals surface area contributed by atoms with Crippen LogP contribution in [0.25, 0.3) is 0 Å². The van der Waals surface area contributed by atoms with Crippen LogP contribution in [0.15, 0.2) is 18.3 Å². The van der Waals surface area contributed by atoms with Crippen molar-refractivity contribution in [3.8, 4) is 0 Å². The third-order valence-corrected chi connectivity index (χ3v) is 3.20. The molecule has 4 heteroatoms. The van der Waals surface area contributed by atoms with Gasteiger partial charge in [0.25, 0.3) is 0 Å². The molecule has 1 aliphatic carbocycles. The Hall–Kier alpha value is -1.19. The van der Waals surface area contributed by atoms with E-state index in [9.17, 15) is 8.78 Å². The molecule has 1 fully saturated rings. The van der Waals surface area contributed by atoms with Crippen molar-refractivity contribution < 1.29 is 8.78 Å². The van der Waals surface area contributed by atoms with Crippen molar-refractivity contribution in [1.29, 1.82) is 0 Å². The first-order valence-corrected chi connectivity index (χ1v) is 6.55. The topological polar surface area (TPSA) is 38.9 Å². The van der Waals surface area contributed by atoms with E-state index < -0.39 is 5.92 Å². The van der Waals surface area contributed by atoms with Gasteiger partial charge in [0.2, 0.25) is 5.92 Å². The lowest BCUT2D eigenvalue weighted by Gasteiger charge is -2.33. The Bertz CT molecular complexity index is 359. The van der Waals surface area contributed by atoms with E-state index in [1.807, 2.05) is 19.1 Å². The number of nitrogen functional groups attached to an aromatic ring is 1. The van der Waals surface area contributed by atoms with Crippen LogP contribution in [0.1, 0.15) is 45.1 Å². The van der Waals surface area contributed by atoms with Gasteiger partial charge in [-0.25, -0.2) is 13.8 Å². The van der Waals surface area contributed by atoms with Gasteiger partial charge in [-0.1, -0.05) is 32.8 Å². The Balaban J connectivity index is 0.000000184. The van der Waals surface area contributed by atoms with E-state index in [0.29, 0.717) is 11.7 Å². The molecule has 1 aliphatic rings. The number of aromatic nitrogens is 1. The number of halogens is 2. The molecule has 2 N–H and O–H groups in total. The SMILES string of the molecule is CCC1CC(F)(F)C1.CCCc1cccnc1N. The molecule has 2 nitrogen and oxygen atoms in total. The van der Waals surface area contributed by atoms with Gasteiger partial charge >= 0.3 is 0 Å². The molecule has 0 amide bonds. The smallest absolute Gasteiger partial charge is 0.248 e. The average Bonchev–Trinajstić information content (AvgIpc) is 2.30. The van der Waals surface area contributed by atoms with Gasteiger partial charge in [0.1, 0.15) is 5.82 Å².